The molecule has 166 valence electrons. The second-order valence-electron chi connectivity index (χ2n) is 9.14. The van der Waals surface area contributed by atoms with Gasteiger partial charge in [0, 0.05) is 34.9 Å². The number of aliphatic hydroxyl groups is 1. The molecule has 3 heterocycles. The number of nitrogens with one attached hydrogen (secondary N) is 2. The van der Waals surface area contributed by atoms with E-state index in [1.165, 1.54) is 0 Å². The molecule has 7 heteroatoms. The van der Waals surface area contributed by atoms with Gasteiger partial charge in [-0.05, 0) is 43.9 Å². The van der Waals surface area contributed by atoms with Crippen LogP contribution in [0.15, 0.2) is 54.7 Å². The molecule has 3 aromatic rings. The van der Waals surface area contributed by atoms with Gasteiger partial charge in [-0.3, -0.25) is 9.80 Å². The first-order valence-electron chi connectivity index (χ1n) is 11.0. The molecule has 1 aromatic heterocycles. The molecule has 2 aromatic carbocycles. The number of fused-ring (bicyclic) bond motifs is 3. The number of hydrazine groups is 2. The van der Waals surface area contributed by atoms with E-state index in [0.29, 0.717) is 0 Å². The van der Waals surface area contributed by atoms with Crippen LogP contribution in [0.3, 0.4) is 0 Å². The Morgan fingerprint density at radius 1 is 1.16 bits per heavy atom. The SMILES string of the molecule is CC(C)(O)c1ccc(C2=CN(C3CCc4c(CC(=O)O)c5ccccc5n4C3)NN2)cc1. The van der Waals surface area contributed by atoms with Crippen molar-refractivity contribution in [3.05, 3.63) is 77.1 Å². The number of para-hydroxylation sites is 1. The molecule has 4 N–H and O–H groups in total. The number of hydrogen-bond acceptors (Lipinski definition) is 5. The molecule has 0 radical (unpaired) electrons. The van der Waals surface area contributed by atoms with Crippen LogP contribution >= 0.6 is 0 Å². The molecular formula is C25H28N4O3. The molecule has 2 aliphatic heterocycles. The number of aliphatic carboxylic acids is 1. The van der Waals surface area contributed by atoms with E-state index in [9.17, 15) is 15.0 Å². The lowest BCUT2D eigenvalue weighted by Gasteiger charge is -2.32. The van der Waals surface area contributed by atoms with Crippen LogP contribution in [0.1, 0.15) is 42.7 Å². The Bertz CT molecular complexity index is 1200. The number of benzene rings is 2. The summed E-state index contributed by atoms with van der Waals surface area (Å²) in [5.41, 5.74) is 11.7. The van der Waals surface area contributed by atoms with E-state index in [1.54, 1.807) is 13.8 Å². The van der Waals surface area contributed by atoms with Crippen molar-refractivity contribution in [1.82, 2.24) is 20.5 Å². The first-order chi connectivity index (χ1) is 15.3. The van der Waals surface area contributed by atoms with E-state index in [0.717, 1.165) is 58.4 Å². The lowest BCUT2D eigenvalue weighted by Crippen LogP contribution is -2.46. The van der Waals surface area contributed by atoms with Gasteiger partial charge in [0.1, 0.15) is 0 Å². The monoisotopic (exact) mass is 432 g/mol. The van der Waals surface area contributed by atoms with E-state index in [4.69, 9.17) is 0 Å². The normalized spacial score (nSPS) is 18.4. The van der Waals surface area contributed by atoms with Gasteiger partial charge in [0.15, 0.2) is 0 Å². The van der Waals surface area contributed by atoms with Crippen LogP contribution in [0.25, 0.3) is 16.6 Å². The van der Waals surface area contributed by atoms with Gasteiger partial charge >= 0.3 is 5.97 Å². The molecule has 1 unspecified atom stereocenters. The first-order valence-corrected chi connectivity index (χ1v) is 11.0. The average Bonchev–Trinajstić information content (AvgIpc) is 3.37. The zero-order chi connectivity index (χ0) is 22.5. The van der Waals surface area contributed by atoms with Crippen molar-refractivity contribution in [1.29, 1.82) is 0 Å². The Morgan fingerprint density at radius 2 is 1.91 bits per heavy atom. The molecule has 0 saturated carbocycles. The standard InChI is InChI=1S/C25H28N4O3/c1-25(2,32)17-9-7-16(8-10-17)21-15-29(27-26-21)18-11-12-23-20(13-24(30)31)19-5-3-4-6-22(19)28(23)14-18/h3-10,15,18,26-27,32H,11-14H2,1-2H3,(H,30,31). The number of carboxylic acid groups (broad SMARTS) is 1. The third-order valence-corrected chi connectivity index (χ3v) is 6.51. The number of nitrogens with zero attached hydrogens (tertiary/aromatic N) is 2. The predicted molar refractivity (Wildman–Crippen MR) is 123 cm³/mol. The van der Waals surface area contributed by atoms with E-state index in [-0.39, 0.29) is 12.5 Å². The maximum Gasteiger partial charge on any atom is 0.307 e. The Labute approximate surface area is 186 Å². The number of aromatic nitrogens is 1. The maximum absolute atomic E-state index is 11.5. The summed E-state index contributed by atoms with van der Waals surface area (Å²) >= 11 is 0. The van der Waals surface area contributed by atoms with Crippen molar-refractivity contribution in [2.45, 2.75) is 51.3 Å². The van der Waals surface area contributed by atoms with Crippen LogP contribution in [-0.2, 0) is 29.8 Å². The quantitative estimate of drug-likeness (QED) is 0.495. The second kappa shape index (κ2) is 7.69. The van der Waals surface area contributed by atoms with Crippen LogP contribution in [0.4, 0.5) is 0 Å². The molecule has 2 aliphatic rings. The molecule has 7 nitrogen and oxygen atoms in total. The van der Waals surface area contributed by atoms with Gasteiger partial charge in [0.05, 0.1) is 23.8 Å². The zero-order valence-corrected chi connectivity index (χ0v) is 18.3. The van der Waals surface area contributed by atoms with Crippen LogP contribution in [0, 0.1) is 0 Å². The minimum Gasteiger partial charge on any atom is -0.481 e. The Balaban J connectivity index is 1.40. The van der Waals surface area contributed by atoms with Crippen LogP contribution in [0.2, 0.25) is 0 Å². The van der Waals surface area contributed by atoms with Crippen LogP contribution in [0.5, 0.6) is 0 Å². The number of carbonyl (C=O) groups is 1. The second-order valence-corrected chi connectivity index (χ2v) is 9.14. The van der Waals surface area contributed by atoms with Crippen LogP contribution < -0.4 is 11.0 Å². The van der Waals surface area contributed by atoms with E-state index in [2.05, 4.69) is 32.8 Å². The summed E-state index contributed by atoms with van der Waals surface area (Å²) in [6, 6.07) is 16.2. The average molecular weight is 433 g/mol. The fraction of sp³-hybridized carbons (Fsp3) is 0.320. The highest BCUT2D eigenvalue weighted by molar-refractivity contribution is 5.89. The van der Waals surface area contributed by atoms with E-state index >= 15 is 0 Å². The summed E-state index contributed by atoms with van der Waals surface area (Å²) in [5, 5.41) is 22.7. The number of carboxylic acids is 1. The molecule has 0 spiro atoms. The zero-order valence-electron chi connectivity index (χ0n) is 18.3. The van der Waals surface area contributed by atoms with Crippen molar-refractivity contribution in [3.8, 4) is 0 Å². The summed E-state index contributed by atoms with van der Waals surface area (Å²) in [6.45, 7) is 4.34. The summed E-state index contributed by atoms with van der Waals surface area (Å²) < 4.78 is 2.29. The van der Waals surface area contributed by atoms with Crippen LogP contribution in [-0.4, -0.2) is 31.8 Å². The fourth-order valence-corrected chi connectivity index (χ4v) is 4.83. The smallest absolute Gasteiger partial charge is 0.307 e. The molecule has 0 amide bonds. The minimum atomic E-state index is -0.862. The highest BCUT2D eigenvalue weighted by atomic mass is 16.4. The van der Waals surface area contributed by atoms with Gasteiger partial charge < -0.3 is 20.2 Å². The molecule has 0 bridgehead atoms. The lowest BCUT2D eigenvalue weighted by molar-refractivity contribution is -0.136. The Kier molecular flexibility index (Phi) is 4.95. The van der Waals surface area contributed by atoms with E-state index in [1.807, 2.05) is 42.5 Å². The van der Waals surface area contributed by atoms with Crippen molar-refractivity contribution in [2.24, 2.45) is 0 Å². The number of rotatable bonds is 5. The third-order valence-electron chi connectivity index (χ3n) is 6.51. The largest absolute Gasteiger partial charge is 0.481 e. The molecule has 1 atom stereocenters. The van der Waals surface area contributed by atoms with Crippen molar-refractivity contribution in [3.63, 3.8) is 0 Å². The van der Waals surface area contributed by atoms with Gasteiger partial charge in [-0.15, -0.1) is 5.53 Å². The lowest BCUT2D eigenvalue weighted by atomic mass is 9.97. The van der Waals surface area contributed by atoms with Crippen molar-refractivity contribution >= 4 is 22.6 Å². The molecule has 5 rings (SSSR count). The summed E-state index contributed by atoms with van der Waals surface area (Å²) in [4.78, 5) is 11.5. The molecule has 0 fully saturated rings. The molecule has 0 saturated heterocycles. The van der Waals surface area contributed by atoms with Gasteiger partial charge in [-0.25, -0.2) is 0 Å². The van der Waals surface area contributed by atoms with Gasteiger partial charge in [0.2, 0.25) is 0 Å². The summed E-state index contributed by atoms with van der Waals surface area (Å²) in [7, 11) is 0. The molecular weight excluding hydrogens is 404 g/mol. The topological polar surface area (TPSA) is 89.8 Å². The molecule has 32 heavy (non-hydrogen) atoms. The maximum atomic E-state index is 11.5. The summed E-state index contributed by atoms with van der Waals surface area (Å²) in [5.74, 6) is -0.792. The highest BCUT2D eigenvalue weighted by Gasteiger charge is 2.30. The van der Waals surface area contributed by atoms with Crippen molar-refractivity contribution < 1.29 is 15.0 Å². The van der Waals surface area contributed by atoms with Crippen molar-refractivity contribution in [2.75, 3.05) is 0 Å². The third kappa shape index (κ3) is 3.63. The first kappa shape index (κ1) is 20.6. The van der Waals surface area contributed by atoms with Gasteiger partial charge in [-0.2, -0.15) is 0 Å². The van der Waals surface area contributed by atoms with E-state index < -0.39 is 11.6 Å². The molecule has 0 aliphatic carbocycles. The minimum absolute atomic E-state index is 0.0573. The highest BCUT2D eigenvalue weighted by Crippen LogP contribution is 2.33. The van der Waals surface area contributed by atoms with Gasteiger partial charge in [-0.1, -0.05) is 42.5 Å². The summed E-state index contributed by atoms with van der Waals surface area (Å²) in [6.07, 6.45) is 3.91. The number of hydrogen-bond donors (Lipinski definition) is 4. The Morgan fingerprint density at radius 3 is 2.62 bits per heavy atom. The van der Waals surface area contributed by atoms with Gasteiger partial charge in [0.25, 0.3) is 0 Å². The Hall–Kier alpha value is -3.29. The predicted octanol–water partition coefficient (Wildman–Crippen LogP) is 3.13. The fourth-order valence-electron chi connectivity index (χ4n) is 4.83.